The molecule has 0 bridgehead atoms. The highest BCUT2D eigenvalue weighted by molar-refractivity contribution is 7.85. The van der Waals surface area contributed by atoms with E-state index in [1.165, 1.54) is 6.07 Å². The van der Waals surface area contributed by atoms with E-state index in [9.17, 15) is 8.42 Å². The van der Waals surface area contributed by atoms with E-state index in [0.717, 1.165) is 12.8 Å². The van der Waals surface area contributed by atoms with Gasteiger partial charge in [0.1, 0.15) is 0 Å². The van der Waals surface area contributed by atoms with Gasteiger partial charge in [-0.25, -0.2) is 0 Å². The summed E-state index contributed by atoms with van der Waals surface area (Å²) in [5.41, 5.74) is 0.692. The van der Waals surface area contributed by atoms with Crippen LogP contribution in [0.15, 0.2) is 29.2 Å². The van der Waals surface area contributed by atoms with Gasteiger partial charge in [-0.1, -0.05) is 31.5 Å². The molecule has 0 radical (unpaired) electrons. The molecule has 0 amide bonds. The van der Waals surface area contributed by atoms with Gasteiger partial charge in [-0.3, -0.25) is 4.55 Å². The molecule has 0 aliphatic carbocycles. The Balaban J connectivity index is 0.00000196. The molecule has 1 rings (SSSR count). The third kappa shape index (κ3) is 3.99. The maximum atomic E-state index is 11.0. The number of benzene rings is 1. The molecule has 0 fully saturated rings. The van der Waals surface area contributed by atoms with Crippen LogP contribution in [-0.4, -0.2) is 13.0 Å². The molecule has 0 atom stereocenters. The van der Waals surface area contributed by atoms with Gasteiger partial charge < -0.3 is 6.15 Å². The first-order valence-corrected chi connectivity index (χ1v) is 6.05. The van der Waals surface area contributed by atoms with Gasteiger partial charge in [0.25, 0.3) is 10.1 Å². The van der Waals surface area contributed by atoms with Crippen LogP contribution in [0.4, 0.5) is 0 Å². The molecule has 0 spiro atoms. The van der Waals surface area contributed by atoms with Crippen molar-refractivity contribution in [1.82, 2.24) is 6.15 Å². The van der Waals surface area contributed by atoms with Crippen molar-refractivity contribution in [2.45, 2.75) is 31.1 Å². The van der Waals surface area contributed by atoms with Crippen molar-refractivity contribution >= 4 is 10.1 Å². The Bertz CT molecular complexity index is 401. The van der Waals surface area contributed by atoms with Crippen LogP contribution in [0.1, 0.15) is 25.3 Å². The lowest BCUT2D eigenvalue weighted by molar-refractivity contribution is 0.482. The average Bonchev–Trinajstić information content (AvgIpc) is 2.14. The fourth-order valence-electron chi connectivity index (χ4n) is 1.33. The highest BCUT2D eigenvalue weighted by Gasteiger charge is 2.13. The van der Waals surface area contributed by atoms with Crippen LogP contribution in [0.3, 0.4) is 0 Å². The Hall–Kier alpha value is -0.910. The molecule has 0 heterocycles. The molecular weight excluding hydrogens is 214 g/mol. The zero-order chi connectivity index (χ0) is 10.6. The van der Waals surface area contributed by atoms with Crippen molar-refractivity contribution in [3.05, 3.63) is 29.8 Å². The summed E-state index contributed by atoms with van der Waals surface area (Å²) < 4.78 is 30.9. The lowest BCUT2D eigenvalue weighted by atomic mass is 10.1. The summed E-state index contributed by atoms with van der Waals surface area (Å²) in [7, 11) is -4.06. The van der Waals surface area contributed by atoms with E-state index in [1.807, 2.05) is 6.92 Å². The molecule has 0 aliphatic rings. The largest absolute Gasteiger partial charge is 0.344 e. The van der Waals surface area contributed by atoms with Crippen LogP contribution in [0, 0.1) is 0 Å². The second-order valence-electron chi connectivity index (χ2n) is 3.19. The van der Waals surface area contributed by atoms with Gasteiger partial charge in [0, 0.05) is 0 Å². The predicted molar refractivity (Wildman–Crippen MR) is 59.9 cm³/mol. The highest BCUT2D eigenvalue weighted by atomic mass is 32.2. The quantitative estimate of drug-likeness (QED) is 0.779. The smallest absolute Gasteiger partial charge is 0.294 e. The molecule has 0 saturated heterocycles. The van der Waals surface area contributed by atoms with Crippen LogP contribution in [-0.2, 0) is 16.5 Å². The highest BCUT2D eigenvalue weighted by Crippen LogP contribution is 2.16. The first kappa shape index (κ1) is 14.1. The van der Waals surface area contributed by atoms with Crippen molar-refractivity contribution in [2.75, 3.05) is 0 Å². The number of aryl methyl sites for hydroxylation is 1. The van der Waals surface area contributed by atoms with E-state index in [-0.39, 0.29) is 11.0 Å². The third-order valence-electron chi connectivity index (χ3n) is 2.05. The van der Waals surface area contributed by atoms with E-state index in [0.29, 0.717) is 12.0 Å². The Morgan fingerprint density at radius 2 is 1.87 bits per heavy atom. The number of unbranched alkanes of at least 4 members (excludes halogenated alkanes) is 1. The Morgan fingerprint density at radius 1 is 1.27 bits per heavy atom. The summed E-state index contributed by atoms with van der Waals surface area (Å²) >= 11 is 0. The molecule has 5 heteroatoms. The summed E-state index contributed by atoms with van der Waals surface area (Å²) in [5.74, 6) is 0. The molecule has 1 aromatic rings. The van der Waals surface area contributed by atoms with Gasteiger partial charge in [-0.05, 0) is 24.5 Å². The normalized spacial score (nSPS) is 10.8. The van der Waals surface area contributed by atoms with Crippen molar-refractivity contribution < 1.29 is 13.0 Å². The molecule has 1 aromatic carbocycles. The van der Waals surface area contributed by atoms with E-state index in [2.05, 4.69) is 0 Å². The first-order chi connectivity index (χ1) is 6.55. The molecule has 0 unspecified atom stereocenters. The standard InChI is InChI=1S/C10H14O3S.H3N/c1-2-3-6-9-7-4-5-8-10(9)14(11,12)13;/h4-5,7-8H,2-3,6H2,1H3,(H,11,12,13);1H3. The van der Waals surface area contributed by atoms with Crippen molar-refractivity contribution in [3.63, 3.8) is 0 Å². The van der Waals surface area contributed by atoms with Crippen LogP contribution >= 0.6 is 0 Å². The fraction of sp³-hybridized carbons (Fsp3) is 0.400. The van der Waals surface area contributed by atoms with Crippen LogP contribution in [0.25, 0.3) is 0 Å². The van der Waals surface area contributed by atoms with Crippen LogP contribution in [0.2, 0.25) is 0 Å². The van der Waals surface area contributed by atoms with Crippen LogP contribution < -0.4 is 6.15 Å². The van der Waals surface area contributed by atoms with Gasteiger partial charge in [-0.15, -0.1) is 0 Å². The second kappa shape index (κ2) is 5.85. The molecule has 0 aromatic heterocycles. The maximum absolute atomic E-state index is 11.0. The number of hydrogen-bond acceptors (Lipinski definition) is 3. The Morgan fingerprint density at radius 3 is 2.40 bits per heavy atom. The Kier molecular flexibility index (Phi) is 5.49. The summed E-state index contributed by atoms with van der Waals surface area (Å²) in [5, 5.41) is 0. The van der Waals surface area contributed by atoms with Gasteiger partial charge in [0.15, 0.2) is 0 Å². The lowest BCUT2D eigenvalue weighted by Crippen LogP contribution is -2.02. The first-order valence-electron chi connectivity index (χ1n) is 4.61. The molecule has 86 valence electrons. The molecule has 0 aliphatic heterocycles. The van der Waals surface area contributed by atoms with E-state index < -0.39 is 10.1 Å². The van der Waals surface area contributed by atoms with Crippen LogP contribution in [0.5, 0.6) is 0 Å². The van der Waals surface area contributed by atoms with E-state index >= 15 is 0 Å². The summed E-state index contributed by atoms with van der Waals surface area (Å²) in [6.45, 7) is 2.04. The minimum Gasteiger partial charge on any atom is -0.344 e. The average molecular weight is 231 g/mol. The zero-order valence-electron chi connectivity index (χ0n) is 8.81. The number of hydrogen-bond donors (Lipinski definition) is 2. The molecular formula is C10H17NO3S. The lowest BCUT2D eigenvalue weighted by Gasteiger charge is -2.05. The predicted octanol–water partition coefficient (Wildman–Crippen LogP) is 2.44. The fourth-order valence-corrected chi connectivity index (χ4v) is 2.08. The van der Waals surface area contributed by atoms with Crippen molar-refractivity contribution in [3.8, 4) is 0 Å². The minimum absolute atomic E-state index is 0. The van der Waals surface area contributed by atoms with E-state index in [1.54, 1.807) is 18.2 Å². The van der Waals surface area contributed by atoms with Gasteiger partial charge in [0.05, 0.1) is 4.90 Å². The van der Waals surface area contributed by atoms with Gasteiger partial charge in [0.2, 0.25) is 0 Å². The molecule has 15 heavy (non-hydrogen) atoms. The van der Waals surface area contributed by atoms with Gasteiger partial charge in [-0.2, -0.15) is 8.42 Å². The number of rotatable bonds is 4. The topological polar surface area (TPSA) is 89.4 Å². The van der Waals surface area contributed by atoms with Gasteiger partial charge >= 0.3 is 0 Å². The molecule has 4 N–H and O–H groups in total. The maximum Gasteiger partial charge on any atom is 0.294 e. The zero-order valence-corrected chi connectivity index (χ0v) is 9.63. The molecule has 4 nitrogen and oxygen atoms in total. The third-order valence-corrected chi connectivity index (χ3v) is 3.00. The summed E-state index contributed by atoms with van der Waals surface area (Å²) in [6, 6.07) is 6.55. The van der Waals surface area contributed by atoms with Crippen molar-refractivity contribution in [2.24, 2.45) is 0 Å². The van der Waals surface area contributed by atoms with Crippen molar-refractivity contribution in [1.29, 1.82) is 0 Å². The summed E-state index contributed by atoms with van der Waals surface area (Å²) in [6.07, 6.45) is 2.61. The SMILES string of the molecule is CCCCc1ccccc1S(=O)(=O)O.N. The molecule has 0 saturated carbocycles. The monoisotopic (exact) mass is 231 g/mol. The minimum atomic E-state index is -4.06. The van der Waals surface area contributed by atoms with E-state index in [4.69, 9.17) is 4.55 Å². The summed E-state index contributed by atoms with van der Waals surface area (Å²) in [4.78, 5) is 0.0356. The second-order valence-corrected chi connectivity index (χ2v) is 4.58. The Labute approximate surface area is 90.7 Å².